The fraction of sp³-hybridized carbons (Fsp3) is 0.200. The molecule has 0 aliphatic carbocycles. The molecule has 2 aromatic heterocycles. The highest BCUT2D eigenvalue weighted by molar-refractivity contribution is 5.80. The molecular weight excluding hydrogens is 222 g/mol. The number of aryl methyl sites for hydroxylation is 3. The molecule has 0 spiro atoms. The normalized spacial score (nSPS) is 11.1. The molecular formula is C15H15N3. The van der Waals surface area contributed by atoms with E-state index >= 15 is 0 Å². The number of H-pyrrole nitrogens is 1. The van der Waals surface area contributed by atoms with Gasteiger partial charge in [0.25, 0.3) is 0 Å². The minimum atomic E-state index is 0.881. The van der Waals surface area contributed by atoms with Crippen molar-refractivity contribution in [3.8, 4) is 11.4 Å². The van der Waals surface area contributed by atoms with E-state index in [0.717, 1.165) is 28.0 Å². The molecule has 0 saturated heterocycles. The molecule has 3 aromatic rings. The van der Waals surface area contributed by atoms with Crippen LogP contribution in [0.15, 0.2) is 30.6 Å². The second kappa shape index (κ2) is 3.95. The first-order chi connectivity index (χ1) is 8.63. The Morgan fingerprint density at radius 1 is 0.944 bits per heavy atom. The summed E-state index contributed by atoms with van der Waals surface area (Å²) in [5.41, 5.74) is 6.80. The maximum atomic E-state index is 4.63. The first-order valence-electron chi connectivity index (χ1n) is 6.02. The topological polar surface area (TPSA) is 41.6 Å². The summed E-state index contributed by atoms with van der Waals surface area (Å²) in [7, 11) is 0. The Kier molecular flexibility index (Phi) is 2.40. The van der Waals surface area contributed by atoms with Crippen molar-refractivity contribution in [3.05, 3.63) is 47.3 Å². The average molecular weight is 237 g/mol. The highest BCUT2D eigenvalue weighted by Crippen LogP contribution is 2.22. The van der Waals surface area contributed by atoms with Gasteiger partial charge in [0.15, 0.2) is 0 Å². The SMILES string of the molecule is Cc1cncc(-c2nc3cc(C)c(C)cc3[nH]2)c1. The Hall–Kier alpha value is -2.16. The molecule has 0 aliphatic rings. The summed E-state index contributed by atoms with van der Waals surface area (Å²) in [6, 6.07) is 6.35. The fourth-order valence-electron chi connectivity index (χ4n) is 2.09. The van der Waals surface area contributed by atoms with E-state index in [1.54, 1.807) is 0 Å². The van der Waals surface area contributed by atoms with E-state index in [1.165, 1.54) is 11.1 Å². The lowest BCUT2D eigenvalue weighted by atomic mass is 10.1. The van der Waals surface area contributed by atoms with Crippen LogP contribution in [0.25, 0.3) is 22.4 Å². The van der Waals surface area contributed by atoms with Gasteiger partial charge in [0, 0.05) is 18.0 Å². The van der Waals surface area contributed by atoms with Gasteiger partial charge in [-0.05, 0) is 55.7 Å². The lowest BCUT2D eigenvalue weighted by Gasteiger charge is -1.97. The molecule has 0 bridgehead atoms. The largest absolute Gasteiger partial charge is 0.338 e. The molecule has 0 radical (unpaired) electrons. The van der Waals surface area contributed by atoms with Crippen LogP contribution in [-0.2, 0) is 0 Å². The predicted molar refractivity (Wildman–Crippen MR) is 73.5 cm³/mol. The summed E-state index contributed by atoms with van der Waals surface area (Å²) in [4.78, 5) is 12.2. The number of hydrogen-bond acceptors (Lipinski definition) is 2. The van der Waals surface area contributed by atoms with Crippen molar-refractivity contribution in [2.75, 3.05) is 0 Å². The van der Waals surface area contributed by atoms with E-state index in [2.05, 4.69) is 47.0 Å². The molecule has 0 unspecified atom stereocenters. The third kappa shape index (κ3) is 1.78. The molecule has 2 heterocycles. The second-order valence-electron chi connectivity index (χ2n) is 4.79. The lowest BCUT2D eigenvalue weighted by Crippen LogP contribution is -1.83. The quantitative estimate of drug-likeness (QED) is 0.703. The summed E-state index contributed by atoms with van der Waals surface area (Å²) in [5, 5.41) is 0. The van der Waals surface area contributed by atoms with Crippen LogP contribution in [0.3, 0.4) is 0 Å². The van der Waals surface area contributed by atoms with Crippen molar-refractivity contribution in [2.24, 2.45) is 0 Å². The van der Waals surface area contributed by atoms with Gasteiger partial charge in [-0.15, -0.1) is 0 Å². The monoisotopic (exact) mass is 237 g/mol. The molecule has 0 aliphatic heterocycles. The molecule has 3 heteroatoms. The second-order valence-corrected chi connectivity index (χ2v) is 4.79. The van der Waals surface area contributed by atoms with E-state index in [9.17, 15) is 0 Å². The van der Waals surface area contributed by atoms with Gasteiger partial charge in [-0.2, -0.15) is 0 Å². The van der Waals surface area contributed by atoms with Gasteiger partial charge in [-0.1, -0.05) is 0 Å². The van der Waals surface area contributed by atoms with Gasteiger partial charge >= 0.3 is 0 Å². The van der Waals surface area contributed by atoms with Gasteiger partial charge in [0.2, 0.25) is 0 Å². The molecule has 0 saturated carbocycles. The van der Waals surface area contributed by atoms with Crippen molar-refractivity contribution in [1.29, 1.82) is 0 Å². The number of nitrogens with zero attached hydrogens (tertiary/aromatic N) is 2. The Bertz CT molecular complexity index is 687. The van der Waals surface area contributed by atoms with Crippen LogP contribution in [0.5, 0.6) is 0 Å². The minimum Gasteiger partial charge on any atom is -0.338 e. The van der Waals surface area contributed by atoms with Crippen LogP contribution >= 0.6 is 0 Å². The highest BCUT2D eigenvalue weighted by Gasteiger charge is 2.07. The van der Waals surface area contributed by atoms with E-state index in [-0.39, 0.29) is 0 Å². The smallest absolute Gasteiger partial charge is 0.140 e. The van der Waals surface area contributed by atoms with Gasteiger partial charge in [0.1, 0.15) is 5.82 Å². The van der Waals surface area contributed by atoms with Crippen LogP contribution in [0.2, 0.25) is 0 Å². The zero-order valence-corrected chi connectivity index (χ0v) is 10.8. The summed E-state index contributed by atoms with van der Waals surface area (Å²) >= 11 is 0. The average Bonchev–Trinajstić information content (AvgIpc) is 2.73. The summed E-state index contributed by atoms with van der Waals surface area (Å²) in [5.74, 6) is 0.881. The third-order valence-corrected chi connectivity index (χ3v) is 3.25. The Balaban J connectivity index is 2.19. The molecule has 0 fully saturated rings. The number of nitrogens with one attached hydrogen (secondary N) is 1. The lowest BCUT2D eigenvalue weighted by molar-refractivity contribution is 1.24. The summed E-state index contributed by atoms with van der Waals surface area (Å²) in [6.45, 7) is 6.26. The number of rotatable bonds is 1. The highest BCUT2D eigenvalue weighted by atomic mass is 14.9. The maximum Gasteiger partial charge on any atom is 0.140 e. The zero-order valence-electron chi connectivity index (χ0n) is 10.8. The molecule has 0 amide bonds. The standard InChI is InChI=1S/C15H15N3/c1-9-4-12(8-16-7-9)15-17-13-5-10(2)11(3)6-14(13)18-15/h4-8H,1-3H3,(H,17,18). The van der Waals surface area contributed by atoms with Gasteiger partial charge in [-0.3, -0.25) is 4.98 Å². The molecule has 1 aromatic carbocycles. The van der Waals surface area contributed by atoms with E-state index in [0.29, 0.717) is 0 Å². The maximum absolute atomic E-state index is 4.63. The van der Waals surface area contributed by atoms with Crippen LogP contribution in [-0.4, -0.2) is 15.0 Å². The number of benzene rings is 1. The first-order valence-corrected chi connectivity index (χ1v) is 6.02. The van der Waals surface area contributed by atoms with Crippen LogP contribution in [0.4, 0.5) is 0 Å². The van der Waals surface area contributed by atoms with Crippen LogP contribution in [0.1, 0.15) is 16.7 Å². The summed E-state index contributed by atoms with van der Waals surface area (Å²) < 4.78 is 0. The molecule has 90 valence electrons. The number of aromatic amines is 1. The van der Waals surface area contributed by atoms with Gasteiger partial charge in [-0.25, -0.2) is 4.98 Å². The Morgan fingerprint density at radius 2 is 1.72 bits per heavy atom. The van der Waals surface area contributed by atoms with Crippen molar-refractivity contribution in [3.63, 3.8) is 0 Å². The molecule has 0 atom stereocenters. The van der Waals surface area contributed by atoms with Crippen molar-refractivity contribution in [1.82, 2.24) is 15.0 Å². The van der Waals surface area contributed by atoms with Crippen LogP contribution < -0.4 is 0 Å². The number of aromatic nitrogens is 3. The first kappa shape index (κ1) is 11.0. The zero-order chi connectivity index (χ0) is 12.7. The third-order valence-electron chi connectivity index (χ3n) is 3.25. The van der Waals surface area contributed by atoms with Crippen molar-refractivity contribution < 1.29 is 0 Å². The van der Waals surface area contributed by atoms with Crippen molar-refractivity contribution >= 4 is 11.0 Å². The minimum absolute atomic E-state index is 0.881. The predicted octanol–water partition coefficient (Wildman–Crippen LogP) is 3.55. The number of imidazole rings is 1. The molecule has 1 N–H and O–H groups in total. The number of hydrogen-bond donors (Lipinski definition) is 1. The molecule has 3 rings (SSSR count). The fourth-order valence-corrected chi connectivity index (χ4v) is 2.09. The van der Waals surface area contributed by atoms with Gasteiger partial charge in [0.05, 0.1) is 11.0 Å². The van der Waals surface area contributed by atoms with E-state index < -0.39 is 0 Å². The van der Waals surface area contributed by atoms with E-state index in [1.807, 2.05) is 19.3 Å². The van der Waals surface area contributed by atoms with Gasteiger partial charge < -0.3 is 4.98 Å². The Labute approximate surface area is 106 Å². The van der Waals surface area contributed by atoms with E-state index in [4.69, 9.17) is 0 Å². The summed E-state index contributed by atoms with van der Waals surface area (Å²) in [6.07, 6.45) is 3.69. The van der Waals surface area contributed by atoms with Crippen LogP contribution in [0, 0.1) is 20.8 Å². The Morgan fingerprint density at radius 3 is 2.50 bits per heavy atom. The number of pyridine rings is 1. The van der Waals surface area contributed by atoms with Crippen molar-refractivity contribution in [2.45, 2.75) is 20.8 Å². The molecule has 18 heavy (non-hydrogen) atoms. The number of fused-ring (bicyclic) bond motifs is 1. The molecule has 3 nitrogen and oxygen atoms in total.